The summed E-state index contributed by atoms with van der Waals surface area (Å²) in [6.07, 6.45) is -3.34. The first kappa shape index (κ1) is 20.0. The molecule has 3 aliphatic heterocycles. The SMILES string of the molecule is COP(=O)(O)O[C@H]1[C@H]2O[C@H](C[C@@H]2OP(=O)(O)OC)N2c3ncnc(N)c3[N][C@H]12. The highest BCUT2D eigenvalue weighted by Gasteiger charge is 2.60. The van der Waals surface area contributed by atoms with Gasteiger partial charge in [-0.25, -0.2) is 24.4 Å². The van der Waals surface area contributed by atoms with E-state index in [4.69, 9.17) is 19.5 Å². The number of ether oxygens (including phenoxy) is 1. The lowest BCUT2D eigenvalue weighted by Crippen LogP contribution is -2.59. The molecular weight excluding hydrogens is 420 g/mol. The Kier molecular flexibility index (Phi) is 4.90. The van der Waals surface area contributed by atoms with Gasteiger partial charge in [0.05, 0.1) is 0 Å². The van der Waals surface area contributed by atoms with Crippen LogP contribution in [0.5, 0.6) is 0 Å². The molecule has 4 N–H and O–H groups in total. The molecular formula is C12H18N5O9P2. The molecule has 3 aliphatic rings. The molecule has 7 atom stereocenters. The Bertz CT molecular complexity index is 874. The first-order valence-corrected chi connectivity index (χ1v) is 11.0. The van der Waals surface area contributed by atoms with E-state index in [0.29, 0.717) is 11.5 Å². The summed E-state index contributed by atoms with van der Waals surface area (Å²) in [5.41, 5.74) is 6.15. The minimum absolute atomic E-state index is 0.122. The molecule has 2 bridgehead atoms. The number of anilines is 2. The molecule has 0 spiro atoms. The normalized spacial score (nSPS) is 34.9. The maximum atomic E-state index is 12.1. The third kappa shape index (κ3) is 3.30. The second kappa shape index (κ2) is 6.87. The van der Waals surface area contributed by atoms with Crippen molar-refractivity contribution in [3.8, 4) is 0 Å². The summed E-state index contributed by atoms with van der Waals surface area (Å²) >= 11 is 0. The van der Waals surface area contributed by atoms with Crippen LogP contribution >= 0.6 is 15.6 Å². The third-order valence-electron chi connectivity index (χ3n) is 4.65. The van der Waals surface area contributed by atoms with E-state index in [-0.39, 0.29) is 12.2 Å². The molecule has 1 aromatic heterocycles. The number of nitrogens with two attached hydrogens (primary N) is 1. The van der Waals surface area contributed by atoms with Gasteiger partial charge in [-0.1, -0.05) is 0 Å². The summed E-state index contributed by atoms with van der Waals surface area (Å²) < 4.78 is 49.2. The van der Waals surface area contributed by atoms with Gasteiger partial charge >= 0.3 is 15.6 Å². The highest BCUT2D eigenvalue weighted by Crippen LogP contribution is 2.55. The van der Waals surface area contributed by atoms with E-state index in [9.17, 15) is 18.9 Å². The van der Waals surface area contributed by atoms with Crippen molar-refractivity contribution in [3.63, 3.8) is 0 Å². The topological polar surface area (TPSA) is 190 Å². The summed E-state index contributed by atoms with van der Waals surface area (Å²) in [6, 6.07) is 0. The predicted octanol–water partition coefficient (Wildman–Crippen LogP) is -0.167. The molecule has 2 fully saturated rings. The quantitative estimate of drug-likeness (QED) is 0.497. The van der Waals surface area contributed by atoms with E-state index < -0.39 is 46.4 Å². The first-order valence-electron chi connectivity index (χ1n) is 8.05. The fourth-order valence-electron chi connectivity index (χ4n) is 3.48. The van der Waals surface area contributed by atoms with Crippen molar-refractivity contribution in [2.75, 3.05) is 24.9 Å². The molecule has 0 amide bonds. The number of hydrogen-bond donors (Lipinski definition) is 3. The Morgan fingerprint density at radius 3 is 2.57 bits per heavy atom. The second-order valence-electron chi connectivity index (χ2n) is 6.19. The van der Waals surface area contributed by atoms with Gasteiger partial charge in [0.15, 0.2) is 17.8 Å². The molecule has 2 unspecified atom stereocenters. The van der Waals surface area contributed by atoms with Crippen LogP contribution in [0.1, 0.15) is 6.42 Å². The zero-order valence-electron chi connectivity index (χ0n) is 14.7. The van der Waals surface area contributed by atoms with Crippen LogP contribution in [0.2, 0.25) is 0 Å². The zero-order chi connectivity index (χ0) is 20.3. The van der Waals surface area contributed by atoms with E-state index in [1.165, 1.54) is 6.33 Å². The van der Waals surface area contributed by atoms with Crippen molar-refractivity contribution in [1.29, 1.82) is 0 Å². The first-order chi connectivity index (χ1) is 13.2. The van der Waals surface area contributed by atoms with Crippen LogP contribution in [0.3, 0.4) is 0 Å². The highest BCUT2D eigenvalue weighted by molar-refractivity contribution is 7.47. The Morgan fingerprint density at radius 1 is 1.21 bits per heavy atom. The minimum Gasteiger partial charge on any atom is -0.382 e. The molecule has 0 aliphatic carbocycles. The zero-order valence-corrected chi connectivity index (χ0v) is 16.5. The van der Waals surface area contributed by atoms with Crippen molar-refractivity contribution in [1.82, 2.24) is 15.3 Å². The number of hydrogen-bond acceptors (Lipinski definition) is 11. The monoisotopic (exact) mass is 438 g/mol. The van der Waals surface area contributed by atoms with Gasteiger partial charge in [0.2, 0.25) is 0 Å². The number of fused-ring (bicyclic) bond motifs is 6. The average molecular weight is 438 g/mol. The summed E-state index contributed by atoms with van der Waals surface area (Å²) in [7, 11) is -6.80. The standard InChI is InChI=1S/C12H18N5O9P2/c1-22-27(18,19)25-5-3-6-17-11-7(10(13)14-4-15-11)16-12(17)9(8(5)24-6)26-28(20,21)23-2/h4-6,8-9,12H,3H2,1-2H3,(H,18,19)(H,20,21)(H2,13,14,15)/t5-,6+,8-,9-,12-/m0/s1. The maximum Gasteiger partial charge on any atom is 0.472 e. The number of aromatic nitrogens is 2. The lowest BCUT2D eigenvalue weighted by Gasteiger charge is -2.41. The van der Waals surface area contributed by atoms with Gasteiger partial charge in [-0.3, -0.25) is 18.1 Å². The summed E-state index contributed by atoms with van der Waals surface area (Å²) in [4.78, 5) is 29.2. The van der Waals surface area contributed by atoms with E-state index in [0.717, 1.165) is 14.2 Å². The largest absolute Gasteiger partial charge is 0.472 e. The van der Waals surface area contributed by atoms with Crippen LogP contribution in [0.15, 0.2) is 6.33 Å². The van der Waals surface area contributed by atoms with Crippen molar-refractivity contribution in [2.24, 2.45) is 0 Å². The molecule has 2 saturated heterocycles. The molecule has 4 heterocycles. The second-order valence-corrected chi connectivity index (χ2v) is 9.21. The molecule has 0 saturated carbocycles. The summed E-state index contributed by atoms with van der Waals surface area (Å²) in [5.74, 6) is 0.472. The predicted molar refractivity (Wildman–Crippen MR) is 91.2 cm³/mol. The average Bonchev–Trinajstić information content (AvgIpc) is 3.19. The fourth-order valence-corrected chi connectivity index (χ4v) is 4.73. The summed E-state index contributed by atoms with van der Waals surface area (Å²) in [5, 5.41) is 4.43. The van der Waals surface area contributed by atoms with Crippen LogP contribution in [0.4, 0.5) is 17.3 Å². The van der Waals surface area contributed by atoms with Gasteiger partial charge < -0.3 is 25.2 Å². The van der Waals surface area contributed by atoms with Crippen LogP contribution < -0.4 is 16.0 Å². The van der Waals surface area contributed by atoms with Crippen molar-refractivity contribution >= 4 is 33.0 Å². The highest BCUT2D eigenvalue weighted by atomic mass is 31.2. The molecule has 28 heavy (non-hydrogen) atoms. The van der Waals surface area contributed by atoms with Crippen LogP contribution in [-0.4, -0.2) is 64.7 Å². The van der Waals surface area contributed by atoms with Crippen LogP contribution in [0, 0.1) is 0 Å². The van der Waals surface area contributed by atoms with E-state index in [2.05, 4.69) is 24.3 Å². The van der Waals surface area contributed by atoms with E-state index in [1.807, 2.05) is 0 Å². The Morgan fingerprint density at radius 2 is 1.89 bits per heavy atom. The van der Waals surface area contributed by atoms with Crippen LogP contribution in [0.25, 0.3) is 0 Å². The number of rotatable bonds is 6. The number of nitrogens with zero attached hydrogens (tertiary/aromatic N) is 4. The Labute approximate surface area is 159 Å². The minimum atomic E-state index is -4.47. The van der Waals surface area contributed by atoms with Gasteiger partial charge in [0, 0.05) is 20.6 Å². The Balaban J connectivity index is 1.71. The molecule has 155 valence electrons. The molecule has 14 nitrogen and oxygen atoms in total. The van der Waals surface area contributed by atoms with Gasteiger partial charge in [-0.05, 0) is 0 Å². The molecule has 4 rings (SSSR count). The van der Waals surface area contributed by atoms with Crippen LogP contribution in [-0.2, 0) is 32.0 Å². The molecule has 1 radical (unpaired) electrons. The van der Waals surface area contributed by atoms with E-state index in [1.54, 1.807) is 4.90 Å². The molecule has 1 aromatic rings. The fraction of sp³-hybridized carbons (Fsp3) is 0.667. The number of nitrogen functional groups attached to an aromatic ring is 1. The number of phosphoric acid groups is 2. The molecule has 16 heteroatoms. The van der Waals surface area contributed by atoms with Gasteiger partial charge in [-0.2, -0.15) is 0 Å². The summed E-state index contributed by atoms with van der Waals surface area (Å²) in [6.45, 7) is 0. The van der Waals surface area contributed by atoms with E-state index >= 15 is 0 Å². The van der Waals surface area contributed by atoms with Crippen molar-refractivity contribution < 1.29 is 41.7 Å². The third-order valence-corrected chi connectivity index (χ3v) is 6.62. The maximum absolute atomic E-state index is 12.1. The lowest BCUT2D eigenvalue weighted by atomic mass is 10.1. The van der Waals surface area contributed by atoms with Gasteiger partial charge in [0.25, 0.3) is 0 Å². The van der Waals surface area contributed by atoms with Gasteiger partial charge in [0.1, 0.15) is 36.6 Å². The van der Waals surface area contributed by atoms with Gasteiger partial charge in [-0.15, -0.1) is 0 Å². The van der Waals surface area contributed by atoms with Crippen molar-refractivity contribution in [2.45, 2.75) is 37.1 Å². The smallest absolute Gasteiger partial charge is 0.382 e. The molecule has 0 aromatic carbocycles. The Hall–Kier alpha value is -1.34. The number of phosphoric ester groups is 2. The van der Waals surface area contributed by atoms with Crippen molar-refractivity contribution in [3.05, 3.63) is 6.33 Å². The lowest BCUT2D eigenvalue weighted by molar-refractivity contribution is -0.103.